The summed E-state index contributed by atoms with van der Waals surface area (Å²) in [6, 6.07) is 12.4. The Morgan fingerprint density at radius 3 is 2.73 bits per heavy atom. The zero-order chi connectivity index (χ0) is 21.2. The van der Waals surface area contributed by atoms with Crippen LogP contribution in [0.5, 0.6) is 0 Å². The van der Waals surface area contributed by atoms with Crippen LogP contribution in [0.2, 0.25) is 0 Å². The number of methoxy groups -OCH3 is 1. The van der Waals surface area contributed by atoms with Crippen molar-refractivity contribution in [1.29, 1.82) is 0 Å². The fourth-order valence-corrected chi connectivity index (χ4v) is 4.72. The maximum Gasteiger partial charge on any atom is 0.191 e. The summed E-state index contributed by atoms with van der Waals surface area (Å²) in [4.78, 5) is 10.1. The van der Waals surface area contributed by atoms with Crippen molar-refractivity contribution in [2.45, 2.75) is 64.2 Å². The number of nitrogens with one attached hydrogen (secondary N) is 2. The Labute approximate surface area is 183 Å². The van der Waals surface area contributed by atoms with Crippen molar-refractivity contribution in [2.24, 2.45) is 4.99 Å². The molecule has 1 aromatic carbocycles. The second kappa shape index (κ2) is 12.3. The Balaban J connectivity index is 1.49. The van der Waals surface area contributed by atoms with Crippen molar-refractivity contribution in [2.75, 3.05) is 46.4 Å². The quantitative estimate of drug-likeness (QED) is 0.480. The molecule has 3 rings (SSSR count). The van der Waals surface area contributed by atoms with Crippen molar-refractivity contribution in [3.05, 3.63) is 35.9 Å². The molecule has 2 saturated heterocycles. The molecule has 3 unspecified atom stereocenters. The molecule has 2 N–H and O–H groups in total. The molecule has 6 heteroatoms. The third-order valence-electron chi connectivity index (χ3n) is 6.47. The highest BCUT2D eigenvalue weighted by atomic mass is 16.5. The van der Waals surface area contributed by atoms with Crippen molar-refractivity contribution >= 4 is 5.96 Å². The molecule has 0 bridgehead atoms. The van der Waals surface area contributed by atoms with Crippen LogP contribution in [0.15, 0.2) is 35.3 Å². The molecular weight excluding hydrogens is 374 g/mol. The molecule has 0 radical (unpaired) electrons. The predicted octanol–water partition coefficient (Wildman–Crippen LogP) is 2.71. The topological polar surface area (TPSA) is 52.1 Å². The van der Waals surface area contributed by atoms with Crippen molar-refractivity contribution in [3.8, 4) is 0 Å². The van der Waals surface area contributed by atoms with Gasteiger partial charge in [-0.05, 0) is 51.6 Å². The van der Waals surface area contributed by atoms with E-state index in [2.05, 4.69) is 64.6 Å². The molecule has 2 heterocycles. The molecule has 2 fully saturated rings. The summed E-state index contributed by atoms with van der Waals surface area (Å²) < 4.78 is 5.27. The highest BCUT2D eigenvalue weighted by molar-refractivity contribution is 5.80. The van der Waals surface area contributed by atoms with Gasteiger partial charge >= 0.3 is 0 Å². The molecular formula is C24H41N5O. The highest BCUT2D eigenvalue weighted by Gasteiger charge is 2.27. The van der Waals surface area contributed by atoms with E-state index >= 15 is 0 Å². The van der Waals surface area contributed by atoms with Crippen LogP contribution in [0, 0.1) is 0 Å². The van der Waals surface area contributed by atoms with Crippen LogP contribution in [-0.4, -0.2) is 80.3 Å². The number of nitrogens with zero attached hydrogens (tertiary/aromatic N) is 3. The number of guanidine groups is 1. The minimum atomic E-state index is 0.484. The van der Waals surface area contributed by atoms with Gasteiger partial charge in [0.2, 0.25) is 0 Å². The second-order valence-electron chi connectivity index (χ2n) is 8.72. The summed E-state index contributed by atoms with van der Waals surface area (Å²) in [6.07, 6.45) is 4.82. The highest BCUT2D eigenvalue weighted by Crippen LogP contribution is 2.20. The number of rotatable bonds is 9. The summed E-state index contributed by atoms with van der Waals surface area (Å²) in [5.74, 6) is 0.977. The standard InChI is InChI=1S/C24H41N5O/c1-4-25-24(26-18-23-11-8-13-28(23)15-16-30-3)27-22-12-14-29(20(2)17-22)19-21-9-6-5-7-10-21/h5-7,9-10,20,22-23H,4,8,11-19H2,1-3H3,(H2,25,26,27). The van der Waals surface area contributed by atoms with Gasteiger partial charge in [-0.1, -0.05) is 30.3 Å². The van der Waals surface area contributed by atoms with E-state index in [0.29, 0.717) is 18.1 Å². The number of ether oxygens (including phenoxy) is 1. The summed E-state index contributed by atoms with van der Waals surface area (Å²) in [5, 5.41) is 7.18. The van der Waals surface area contributed by atoms with Crippen molar-refractivity contribution < 1.29 is 4.74 Å². The number of hydrogen-bond acceptors (Lipinski definition) is 4. The largest absolute Gasteiger partial charge is 0.383 e. The van der Waals surface area contributed by atoms with Crippen molar-refractivity contribution in [1.82, 2.24) is 20.4 Å². The van der Waals surface area contributed by atoms with E-state index < -0.39 is 0 Å². The summed E-state index contributed by atoms with van der Waals surface area (Å²) in [5.41, 5.74) is 1.40. The van der Waals surface area contributed by atoms with Gasteiger partial charge in [0.05, 0.1) is 13.2 Å². The summed E-state index contributed by atoms with van der Waals surface area (Å²) in [6.45, 7) is 11.4. The normalized spacial score (nSPS) is 26.1. The van der Waals surface area contributed by atoms with E-state index in [4.69, 9.17) is 9.73 Å². The molecule has 30 heavy (non-hydrogen) atoms. The van der Waals surface area contributed by atoms with E-state index in [0.717, 1.165) is 58.1 Å². The maximum atomic E-state index is 5.27. The Bertz CT molecular complexity index is 638. The SMILES string of the molecule is CCNC(=NCC1CCCN1CCOC)NC1CCN(Cc2ccccc2)C(C)C1. The lowest BCUT2D eigenvalue weighted by molar-refractivity contribution is 0.134. The zero-order valence-electron chi connectivity index (χ0n) is 19.1. The van der Waals surface area contributed by atoms with Gasteiger partial charge in [-0.3, -0.25) is 14.8 Å². The van der Waals surface area contributed by atoms with Crippen LogP contribution >= 0.6 is 0 Å². The van der Waals surface area contributed by atoms with E-state index in [9.17, 15) is 0 Å². The first kappa shape index (κ1) is 23.0. The van der Waals surface area contributed by atoms with Crippen LogP contribution < -0.4 is 10.6 Å². The molecule has 0 amide bonds. The average Bonchev–Trinajstić information content (AvgIpc) is 3.20. The Kier molecular flexibility index (Phi) is 9.43. The minimum Gasteiger partial charge on any atom is -0.383 e. The smallest absolute Gasteiger partial charge is 0.191 e. The zero-order valence-corrected chi connectivity index (χ0v) is 19.1. The number of hydrogen-bond donors (Lipinski definition) is 2. The third kappa shape index (κ3) is 6.96. The van der Waals surface area contributed by atoms with Crippen LogP contribution in [0.1, 0.15) is 45.1 Å². The average molecular weight is 416 g/mol. The first-order chi connectivity index (χ1) is 14.7. The van der Waals surface area contributed by atoms with Crippen LogP contribution in [0.3, 0.4) is 0 Å². The van der Waals surface area contributed by atoms with Gasteiger partial charge in [0.1, 0.15) is 0 Å². The first-order valence-corrected chi connectivity index (χ1v) is 11.8. The molecule has 0 aliphatic carbocycles. The first-order valence-electron chi connectivity index (χ1n) is 11.8. The molecule has 3 atom stereocenters. The number of likely N-dealkylation sites (tertiary alicyclic amines) is 2. The van der Waals surface area contributed by atoms with Gasteiger partial charge in [-0.15, -0.1) is 0 Å². The Hall–Kier alpha value is -1.63. The van der Waals surface area contributed by atoms with Crippen LogP contribution in [0.25, 0.3) is 0 Å². The molecule has 2 aliphatic rings. The van der Waals surface area contributed by atoms with E-state index in [1.54, 1.807) is 7.11 Å². The van der Waals surface area contributed by atoms with Gasteiger partial charge in [-0.2, -0.15) is 0 Å². The van der Waals surface area contributed by atoms with Gasteiger partial charge in [-0.25, -0.2) is 0 Å². The molecule has 0 spiro atoms. The predicted molar refractivity (Wildman–Crippen MR) is 125 cm³/mol. The molecule has 168 valence electrons. The minimum absolute atomic E-state index is 0.484. The second-order valence-corrected chi connectivity index (χ2v) is 8.72. The lowest BCUT2D eigenvalue weighted by Crippen LogP contribution is -2.51. The van der Waals surface area contributed by atoms with Crippen LogP contribution in [-0.2, 0) is 11.3 Å². The van der Waals surface area contributed by atoms with E-state index in [1.165, 1.54) is 24.9 Å². The summed E-state index contributed by atoms with van der Waals surface area (Å²) >= 11 is 0. The molecule has 0 aromatic heterocycles. The lowest BCUT2D eigenvalue weighted by atomic mass is 9.97. The lowest BCUT2D eigenvalue weighted by Gasteiger charge is -2.38. The number of aliphatic imine (C=N–C) groups is 1. The van der Waals surface area contributed by atoms with Gasteiger partial charge in [0.25, 0.3) is 0 Å². The summed E-state index contributed by atoms with van der Waals surface area (Å²) in [7, 11) is 1.78. The number of piperidine rings is 1. The van der Waals surface area contributed by atoms with Gasteiger partial charge < -0.3 is 15.4 Å². The molecule has 1 aromatic rings. The van der Waals surface area contributed by atoms with Gasteiger partial charge in [0, 0.05) is 51.4 Å². The third-order valence-corrected chi connectivity index (χ3v) is 6.47. The fraction of sp³-hybridized carbons (Fsp3) is 0.708. The van der Waals surface area contributed by atoms with Crippen molar-refractivity contribution in [3.63, 3.8) is 0 Å². The molecule has 6 nitrogen and oxygen atoms in total. The number of benzene rings is 1. The monoisotopic (exact) mass is 415 g/mol. The van der Waals surface area contributed by atoms with E-state index in [-0.39, 0.29) is 0 Å². The molecule has 2 aliphatic heterocycles. The van der Waals surface area contributed by atoms with Crippen LogP contribution in [0.4, 0.5) is 0 Å². The fourth-order valence-electron chi connectivity index (χ4n) is 4.72. The molecule has 0 saturated carbocycles. The Morgan fingerprint density at radius 1 is 1.17 bits per heavy atom. The van der Waals surface area contributed by atoms with E-state index in [1.807, 2.05) is 0 Å². The maximum absolute atomic E-state index is 5.27. The Morgan fingerprint density at radius 2 is 2.00 bits per heavy atom. The van der Waals surface area contributed by atoms with Gasteiger partial charge in [0.15, 0.2) is 5.96 Å².